The second-order valence-electron chi connectivity index (χ2n) is 6.10. The fourth-order valence-electron chi connectivity index (χ4n) is 2.95. The fraction of sp³-hybridized carbons (Fsp3) is 0.211. The first-order chi connectivity index (χ1) is 12.6. The van der Waals surface area contributed by atoms with Crippen LogP contribution in [0, 0.1) is 12.7 Å². The molecule has 1 amide bonds. The highest BCUT2D eigenvalue weighted by Gasteiger charge is 2.27. The summed E-state index contributed by atoms with van der Waals surface area (Å²) in [5.41, 5.74) is 2.74. The average molecular weight is 352 g/mol. The van der Waals surface area contributed by atoms with E-state index in [4.69, 9.17) is 4.74 Å². The standard InChI is InChI=1S/C19H17FN4O2/c1-13-10-17(6-7-21-13)26-12-15-11-18-19(25)23(8-9-24(18)22-15)16-4-2-14(20)3-5-16/h2-7,10-11H,8-9,12H2,1H3. The number of hydrogen-bond acceptors (Lipinski definition) is 4. The monoisotopic (exact) mass is 352 g/mol. The Morgan fingerprint density at radius 3 is 2.73 bits per heavy atom. The van der Waals surface area contributed by atoms with E-state index in [0.29, 0.717) is 35.9 Å². The van der Waals surface area contributed by atoms with E-state index in [-0.39, 0.29) is 18.3 Å². The first kappa shape index (κ1) is 16.3. The maximum absolute atomic E-state index is 13.1. The number of anilines is 1. The highest BCUT2D eigenvalue weighted by Crippen LogP contribution is 2.22. The predicted octanol–water partition coefficient (Wildman–Crippen LogP) is 2.97. The van der Waals surface area contributed by atoms with Gasteiger partial charge in [0.15, 0.2) is 0 Å². The van der Waals surface area contributed by atoms with Crippen molar-refractivity contribution in [2.75, 3.05) is 11.4 Å². The van der Waals surface area contributed by atoms with Gasteiger partial charge in [-0.15, -0.1) is 0 Å². The number of benzene rings is 1. The van der Waals surface area contributed by atoms with Crippen LogP contribution in [0.25, 0.3) is 0 Å². The Bertz CT molecular complexity index is 952. The molecule has 4 rings (SSSR count). The van der Waals surface area contributed by atoms with Crippen LogP contribution in [-0.4, -0.2) is 27.2 Å². The van der Waals surface area contributed by atoms with E-state index in [1.807, 2.05) is 13.0 Å². The number of ether oxygens (including phenoxy) is 1. The van der Waals surface area contributed by atoms with Gasteiger partial charge in [-0.3, -0.25) is 14.5 Å². The summed E-state index contributed by atoms with van der Waals surface area (Å²) in [4.78, 5) is 18.5. The average Bonchev–Trinajstić information content (AvgIpc) is 3.06. The summed E-state index contributed by atoms with van der Waals surface area (Å²) in [6, 6.07) is 11.3. The van der Waals surface area contributed by atoms with Crippen molar-refractivity contribution in [1.82, 2.24) is 14.8 Å². The molecule has 0 bridgehead atoms. The second-order valence-corrected chi connectivity index (χ2v) is 6.10. The van der Waals surface area contributed by atoms with Crippen LogP contribution in [0.15, 0.2) is 48.7 Å². The van der Waals surface area contributed by atoms with E-state index in [1.54, 1.807) is 40.0 Å². The fourth-order valence-corrected chi connectivity index (χ4v) is 2.95. The van der Waals surface area contributed by atoms with Gasteiger partial charge in [0.1, 0.15) is 29.6 Å². The first-order valence-electron chi connectivity index (χ1n) is 8.30. The predicted molar refractivity (Wildman–Crippen MR) is 93.6 cm³/mol. The molecule has 3 heterocycles. The molecule has 2 aromatic heterocycles. The van der Waals surface area contributed by atoms with E-state index in [9.17, 15) is 9.18 Å². The molecule has 1 aromatic carbocycles. The number of rotatable bonds is 4. The largest absolute Gasteiger partial charge is 0.487 e. The number of hydrogen-bond donors (Lipinski definition) is 0. The molecule has 6 nitrogen and oxygen atoms in total. The summed E-state index contributed by atoms with van der Waals surface area (Å²) in [5, 5.41) is 4.45. The summed E-state index contributed by atoms with van der Waals surface area (Å²) >= 11 is 0. The van der Waals surface area contributed by atoms with Gasteiger partial charge in [0.05, 0.1) is 6.54 Å². The summed E-state index contributed by atoms with van der Waals surface area (Å²) in [5.74, 6) is 0.234. The maximum atomic E-state index is 13.1. The summed E-state index contributed by atoms with van der Waals surface area (Å²) in [6.07, 6.45) is 1.69. The van der Waals surface area contributed by atoms with E-state index < -0.39 is 0 Å². The van der Waals surface area contributed by atoms with Gasteiger partial charge < -0.3 is 9.64 Å². The summed E-state index contributed by atoms with van der Waals surface area (Å²) in [7, 11) is 0. The molecular weight excluding hydrogens is 335 g/mol. The Labute approximate surface area is 149 Å². The van der Waals surface area contributed by atoms with Crippen molar-refractivity contribution in [3.05, 3.63) is 71.6 Å². The van der Waals surface area contributed by atoms with Crippen LogP contribution < -0.4 is 9.64 Å². The Morgan fingerprint density at radius 1 is 1.15 bits per heavy atom. The van der Waals surface area contributed by atoms with Crippen molar-refractivity contribution in [2.45, 2.75) is 20.1 Å². The van der Waals surface area contributed by atoms with Gasteiger partial charge in [-0.2, -0.15) is 5.10 Å². The summed E-state index contributed by atoms with van der Waals surface area (Å²) in [6.45, 7) is 3.23. The topological polar surface area (TPSA) is 60.2 Å². The molecule has 0 fully saturated rings. The summed E-state index contributed by atoms with van der Waals surface area (Å²) < 4.78 is 20.5. The molecule has 0 aliphatic carbocycles. The van der Waals surface area contributed by atoms with Crippen LogP contribution in [0.2, 0.25) is 0 Å². The Hall–Kier alpha value is -3.22. The van der Waals surface area contributed by atoms with Crippen molar-refractivity contribution in [3.8, 4) is 5.75 Å². The third-order valence-electron chi connectivity index (χ3n) is 4.22. The number of carbonyl (C=O) groups excluding carboxylic acids is 1. The second kappa shape index (κ2) is 6.59. The molecule has 0 unspecified atom stereocenters. The highest BCUT2D eigenvalue weighted by molar-refractivity contribution is 6.05. The van der Waals surface area contributed by atoms with Crippen LogP contribution in [0.1, 0.15) is 21.9 Å². The molecular formula is C19H17FN4O2. The van der Waals surface area contributed by atoms with Gasteiger partial charge in [0.25, 0.3) is 5.91 Å². The molecule has 7 heteroatoms. The number of pyridine rings is 1. The zero-order valence-electron chi connectivity index (χ0n) is 14.2. The Balaban J connectivity index is 1.51. The van der Waals surface area contributed by atoms with Crippen molar-refractivity contribution in [3.63, 3.8) is 0 Å². The van der Waals surface area contributed by atoms with Crippen molar-refractivity contribution < 1.29 is 13.9 Å². The zero-order valence-corrected chi connectivity index (χ0v) is 14.2. The van der Waals surface area contributed by atoms with Crippen molar-refractivity contribution in [2.24, 2.45) is 0 Å². The van der Waals surface area contributed by atoms with Crippen LogP contribution in [-0.2, 0) is 13.2 Å². The lowest BCUT2D eigenvalue weighted by Crippen LogP contribution is -2.40. The lowest BCUT2D eigenvalue weighted by atomic mass is 10.2. The lowest BCUT2D eigenvalue weighted by molar-refractivity contribution is 0.0962. The van der Waals surface area contributed by atoms with E-state index in [0.717, 1.165) is 5.69 Å². The van der Waals surface area contributed by atoms with Crippen molar-refractivity contribution >= 4 is 11.6 Å². The van der Waals surface area contributed by atoms with Crippen LogP contribution >= 0.6 is 0 Å². The number of nitrogens with zero attached hydrogens (tertiary/aromatic N) is 4. The van der Waals surface area contributed by atoms with Gasteiger partial charge in [0, 0.05) is 30.2 Å². The first-order valence-corrected chi connectivity index (χ1v) is 8.30. The minimum absolute atomic E-state index is 0.152. The third kappa shape index (κ3) is 3.15. The van der Waals surface area contributed by atoms with E-state index in [1.165, 1.54) is 12.1 Å². The van der Waals surface area contributed by atoms with Gasteiger partial charge in [-0.1, -0.05) is 0 Å². The molecule has 26 heavy (non-hydrogen) atoms. The Morgan fingerprint density at radius 2 is 1.96 bits per heavy atom. The van der Waals surface area contributed by atoms with Gasteiger partial charge in [-0.05, 0) is 43.3 Å². The number of carbonyl (C=O) groups is 1. The van der Waals surface area contributed by atoms with E-state index >= 15 is 0 Å². The van der Waals surface area contributed by atoms with Crippen molar-refractivity contribution in [1.29, 1.82) is 0 Å². The van der Waals surface area contributed by atoms with Crippen LogP contribution in [0.4, 0.5) is 10.1 Å². The number of halogens is 1. The van der Waals surface area contributed by atoms with Gasteiger partial charge in [-0.25, -0.2) is 4.39 Å². The molecule has 0 atom stereocenters. The molecule has 1 aliphatic rings. The minimum atomic E-state index is -0.325. The molecule has 0 spiro atoms. The number of aryl methyl sites for hydroxylation is 1. The van der Waals surface area contributed by atoms with E-state index in [2.05, 4.69) is 10.1 Å². The SMILES string of the molecule is Cc1cc(OCc2cc3n(n2)CCN(c2ccc(F)cc2)C3=O)ccn1. The van der Waals surface area contributed by atoms with Crippen LogP contribution in [0.3, 0.4) is 0 Å². The molecule has 0 saturated heterocycles. The maximum Gasteiger partial charge on any atom is 0.276 e. The highest BCUT2D eigenvalue weighted by atomic mass is 19.1. The quantitative estimate of drug-likeness (QED) is 0.724. The molecule has 3 aromatic rings. The van der Waals surface area contributed by atoms with Gasteiger partial charge >= 0.3 is 0 Å². The lowest BCUT2D eigenvalue weighted by Gasteiger charge is -2.27. The Kier molecular flexibility index (Phi) is 4.12. The number of fused-ring (bicyclic) bond motifs is 1. The molecule has 132 valence electrons. The molecule has 0 N–H and O–H groups in total. The molecule has 0 radical (unpaired) electrons. The molecule has 0 saturated carbocycles. The number of amides is 1. The number of aromatic nitrogens is 3. The zero-order chi connectivity index (χ0) is 18.1. The normalized spacial score (nSPS) is 13.6. The molecule has 1 aliphatic heterocycles. The minimum Gasteiger partial charge on any atom is -0.487 e. The third-order valence-corrected chi connectivity index (χ3v) is 4.22. The van der Waals surface area contributed by atoms with Crippen LogP contribution in [0.5, 0.6) is 5.75 Å². The smallest absolute Gasteiger partial charge is 0.276 e. The van der Waals surface area contributed by atoms with Gasteiger partial charge in [0.2, 0.25) is 0 Å².